The molecule has 2 aliphatic carbocycles. The van der Waals surface area contributed by atoms with Gasteiger partial charge in [-0.25, -0.2) is 0 Å². The number of rotatable bonds is 6. The van der Waals surface area contributed by atoms with E-state index in [-0.39, 0.29) is 0 Å². The van der Waals surface area contributed by atoms with E-state index in [4.69, 9.17) is 52.0 Å². The van der Waals surface area contributed by atoms with Crippen molar-refractivity contribution in [1.82, 2.24) is 0 Å². The van der Waals surface area contributed by atoms with Crippen LogP contribution in [0.1, 0.15) is 12.8 Å². The Labute approximate surface area is 195 Å². The van der Waals surface area contributed by atoms with Crippen molar-refractivity contribution in [2.24, 2.45) is 0 Å². The van der Waals surface area contributed by atoms with Gasteiger partial charge in [-0.1, -0.05) is 0 Å². The van der Waals surface area contributed by atoms with Crippen LogP contribution in [0.5, 0.6) is 11.5 Å². The normalized spacial score (nSPS) is 15.4. The molecule has 0 amide bonds. The molecule has 2 aliphatic rings. The monoisotopic (exact) mass is 542 g/mol. The van der Waals surface area contributed by atoms with Gasteiger partial charge < -0.3 is 0 Å². The summed E-state index contributed by atoms with van der Waals surface area (Å²) in [5.74, 6) is 0.853. The summed E-state index contributed by atoms with van der Waals surface area (Å²) in [6.45, 7) is 0. The molecule has 0 saturated carbocycles. The molecule has 2 nitrogen and oxygen atoms in total. The zero-order valence-electron chi connectivity index (χ0n) is 15.2. The average Bonchev–Trinajstić information content (AvgIpc) is 3.41. The molecule has 148 valence electrons. The van der Waals surface area contributed by atoms with Gasteiger partial charge in [-0.15, -0.1) is 0 Å². The van der Waals surface area contributed by atoms with E-state index < -0.39 is 21.1 Å². The Balaban J connectivity index is 1.89. The van der Waals surface area contributed by atoms with Crippen LogP contribution in [0.25, 0.3) is 0 Å². The zero-order chi connectivity index (χ0) is 20.4. The second-order valence-corrected chi connectivity index (χ2v) is 15.4. The van der Waals surface area contributed by atoms with Gasteiger partial charge in [0.1, 0.15) is 0 Å². The molecule has 0 bridgehead atoms. The summed E-state index contributed by atoms with van der Waals surface area (Å²) in [6, 6.07) is 10.6. The van der Waals surface area contributed by atoms with Crippen molar-refractivity contribution >= 4 is 46.4 Å². The van der Waals surface area contributed by atoms with E-state index in [0.717, 1.165) is 19.4 Å². The summed E-state index contributed by atoms with van der Waals surface area (Å²) >= 11 is 21.6. The Kier molecular flexibility index (Phi) is 6.63. The van der Waals surface area contributed by atoms with E-state index in [1.807, 2.05) is 12.2 Å². The van der Waals surface area contributed by atoms with Crippen molar-refractivity contribution in [2.75, 3.05) is 0 Å². The second-order valence-electron chi connectivity index (χ2n) is 6.57. The van der Waals surface area contributed by atoms with Crippen LogP contribution in [-0.4, -0.2) is 0 Å². The molecular formula is C22H16Cl4O2Zr. The van der Waals surface area contributed by atoms with E-state index in [0.29, 0.717) is 31.6 Å². The third-order valence-electron chi connectivity index (χ3n) is 4.72. The predicted octanol–water partition coefficient (Wildman–Crippen LogP) is 8.43. The van der Waals surface area contributed by atoms with Crippen LogP contribution in [0.15, 0.2) is 79.4 Å². The fourth-order valence-corrected chi connectivity index (χ4v) is 13.3. The number of halogens is 4. The van der Waals surface area contributed by atoms with Crippen LogP contribution < -0.4 is 5.63 Å². The summed E-state index contributed by atoms with van der Waals surface area (Å²) in [5.41, 5.74) is 0. The molecule has 0 radical (unpaired) electrons. The first-order valence-corrected chi connectivity index (χ1v) is 15.0. The summed E-state index contributed by atoms with van der Waals surface area (Å²) in [4.78, 5) is 0. The number of allylic oxidation sites excluding steroid dienone is 8. The SMILES string of the molecule is Clc1cccc(Cl)c1[O][Zr]([O]c1c(Cl)cccc1Cl)([C]1=CC=CC1)[C]1=CC=CC1. The molecule has 0 heterocycles. The molecule has 0 aromatic heterocycles. The van der Waals surface area contributed by atoms with Gasteiger partial charge in [-0.05, 0) is 0 Å². The van der Waals surface area contributed by atoms with Gasteiger partial charge in [0.15, 0.2) is 0 Å². The maximum atomic E-state index is 6.74. The zero-order valence-corrected chi connectivity index (χ0v) is 20.7. The minimum absolute atomic E-state index is 0.426. The fourth-order valence-electron chi connectivity index (χ4n) is 3.32. The number of hydrogen-bond donors (Lipinski definition) is 0. The van der Waals surface area contributed by atoms with E-state index >= 15 is 0 Å². The molecular weight excluding hydrogens is 529 g/mol. The molecule has 0 spiro atoms. The van der Waals surface area contributed by atoms with Crippen molar-refractivity contribution < 1.29 is 26.8 Å². The number of para-hydroxylation sites is 2. The maximum absolute atomic E-state index is 6.74. The Hall–Kier alpha value is -0.957. The van der Waals surface area contributed by atoms with Gasteiger partial charge >= 0.3 is 197 Å². The predicted molar refractivity (Wildman–Crippen MR) is 118 cm³/mol. The Morgan fingerprint density at radius 2 is 1.00 bits per heavy atom. The molecule has 2 aromatic rings. The molecule has 4 rings (SSSR count). The number of hydrogen-bond acceptors (Lipinski definition) is 2. The van der Waals surface area contributed by atoms with Crippen LogP contribution in [0.3, 0.4) is 0 Å². The quantitative estimate of drug-likeness (QED) is 0.363. The van der Waals surface area contributed by atoms with Gasteiger partial charge in [0, 0.05) is 0 Å². The Bertz CT molecular complexity index is 946. The van der Waals surface area contributed by atoms with Crippen LogP contribution in [0, 0.1) is 0 Å². The first-order chi connectivity index (χ1) is 14.0. The van der Waals surface area contributed by atoms with Crippen molar-refractivity contribution in [2.45, 2.75) is 12.8 Å². The molecule has 0 atom stereocenters. The van der Waals surface area contributed by atoms with Gasteiger partial charge in [-0.2, -0.15) is 0 Å². The molecule has 0 aliphatic heterocycles. The van der Waals surface area contributed by atoms with Crippen molar-refractivity contribution in [3.8, 4) is 11.5 Å². The van der Waals surface area contributed by atoms with E-state index in [1.165, 1.54) is 0 Å². The van der Waals surface area contributed by atoms with Crippen LogP contribution in [-0.2, 0) is 21.1 Å². The summed E-state index contributed by atoms with van der Waals surface area (Å²) in [7, 11) is 0. The molecule has 0 saturated heterocycles. The standard InChI is InChI=1S/2C6H4Cl2O.2C5H5.Zr/c2*7-4-2-1-3-5(8)6(4)9;2*1-2-4-5-3-1;/h2*1-3,9H;2*1-3H,4H2;/q;;;;+2/p-2. The second kappa shape index (κ2) is 9.04. The summed E-state index contributed by atoms with van der Waals surface area (Å²) in [5, 5.41) is 1.74. The molecule has 2 aromatic carbocycles. The minimum atomic E-state index is -4.28. The Morgan fingerprint density at radius 3 is 1.31 bits per heavy atom. The Morgan fingerprint density at radius 1 is 0.621 bits per heavy atom. The van der Waals surface area contributed by atoms with Crippen molar-refractivity contribution in [3.05, 3.63) is 99.5 Å². The third kappa shape index (κ3) is 4.27. The molecule has 0 fully saturated rings. The first-order valence-electron chi connectivity index (χ1n) is 8.99. The molecule has 0 N–H and O–H groups in total. The van der Waals surface area contributed by atoms with Gasteiger partial charge in [-0.3, -0.25) is 0 Å². The molecule has 29 heavy (non-hydrogen) atoms. The van der Waals surface area contributed by atoms with Gasteiger partial charge in [0.05, 0.1) is 0 Å². The number of benzene rings is 2. The third-order valence-corrected chi connectivity index (χ3v) is 14.3. The van der Waals surface area contributed by atoms with Crippen LogP contribution >= 0.6 is 46.4 Å². The van der Waals surface area contributed by atoms with E-state index in [1.54, 1.807) is 36.4 Å². The summed E-state index contributed by atoms with van der Waals surface area (Å²) in [6.07, 6.45) is 13.8. The fraction of sp³-hybridized carbons (Fsp3) is 0.0909. The van der Waals surface area contributed by atoms with Crippen molar-refractivity contribution in [3.63, 3.8) is 0 Å². The average molecular weight is 545 g/mol. The van der Waals surface area contributed by atoms with Crippen molar-refractivity contribution in [1.29, 1.82) is 0 Å². The van der Waals surface area contributed by atoms with Crippen LogP contribution in [0.2, 0.25) is 20.1 Å². The van der Waals surface area contributed by atoms with E-state index in [2.05, 4.69) is 24.3 Å². The van der Waals surface area contributed by atoms with Gasteiger partial charge in [0.25, 0.3) is 0 Å². The molecule has 7 heteroatoms. The van der Waals surface area contributed by atoms with Crippen LogP contribution in [0.4, 0.5) is 0 Å². The van der Waals surface area contributed by atoms with E-state index in [9.17, 15) is 0 Å². The summed E-state index contributed by atoms with van der Waals surface area (Å²) < 4.78 is 15.7. The molecule has 0 unspecified atom stereocenters. The first kappa shape index (κ1) is 21.3. The topological polar surface area (TPSA) is 18.5 Å². The van der Waals surface area contributed by atoms with Gasteiger partial charge in [0.2, 0.25) is 0 Å².